The molecule has 1 atom stereocenters. The zero-order valence-corrected chi connectivity index (χ0v) is 13.2. The third kappa shape index (κ3) is 3.06. The molecular formula is C13H19ClN4O2S. The first-order chi connectivity index (χ1) is 9.61. The highest BCUT2D eigenvalue weighted by Crippen LogP contribution is 2.23. The van der Waals surface area contributed by atoms with Crippen LogP contribution < -0.4 is 5.73 Å². The van der Waals surface area contributed by atoms with Gasteiger partial charge < -0.3 is 10.7 Å². The average Bonchev–Trinajstić information content (AvgIpc) is 2.92. The van der Waals surface area contributed by atoms with Crippen molar-refractivity contribution in [2.45, 2.75) is 18.0 Å². The molecule has 0 amide bonds. The number of hydrogen-bond acceptors (Lipinski definition) is 4. The number of rotatable bonds is 3. The van der Waals surface area contributed by atoms with E-state index in [-0.39, 0.29) is 23.5 Å². The van der Waals surface area contributed by atoms with Crippen LogP contribution in [0.1, 0.15) is 12.8 Å². The number of imidazole rings is 1. The van der Waals surface area contributed by atoms with Crippen LogP contribution in [0, 0.1) is 5.92 Å². The number of aromatic nitrogens is 2. The molecule has 1 aromatic heterocycles. The molecule has 2 heterocycles. The fourth-order valence-electron chi connectivity index (χ4n) is 2.61. The number of halogens is 1. The summed E-state index contributed by atoms with van der Waals surface area (Å²) in [5, 5.41) is 0.0244. The molecule has 21 heavy (non-hydrogen) atoms. The van der Waals surface area contributed by atoms with Crippen LogP contribution in [-0.4, -0.2) is 42.3 Å². The van der Waals surface area contributed by atoms with Crippen molar-refractivity contribution in [3.05, 3.63) is 24.3 Å². The van der Waals surface area contributed by atoms with Gasteiger partial charge in [0.1, 0.15) is 0 Å². The molecule has 6 nitrogen and oxygen atoms in total. The van der Waals surface area contributed by atoms with E-state index in [1.54, 1.807) is 6.07 Å². The van der Waals surface area contributed by atoms with Crippen LogP contribution in [0.2, 0.25) is 0 Å². The van der Waals surface area contributed by atoms with E-state index in [0.29, 0.717) is 25.2 Å². The Balaban J connectivity index is 0.00000161. The Kier molecular flexibility index (Phi) is 4.88. The second-order valence-corrected chi connectivity index (χ2v) is 7.02. The van der Waals surface area contributed by atoms with Crippen molar-refractivity contribution in [2.24, 2.45) is 11.7 Å². The average molecular weight is 331 g/mol. The maximum absolute atomic E-state index is 12.6. The van der Waals surface area contributed by atoms with Gasteiger partial charge in [0.25, 0.3) is 10.0 Å². The minimum atomic E-state index is -3.56. The monoisotopic (exact) mass is 330 g/mol. The van der Waals surface area contributed by atoms with Crippen molar-refractivity contribution in [1.82, 2.24) is 14.3 Å². The molecule has 2 aromatic rings. The molecule has 1 saturated heterocycles. The number of aromatic amines is 1. The maximum Gasteiger partial charge on any atom is 0.276 e. The zero-order valence-electron chi connectivity index (χ0n) is 11.5. The Labute approximate surface area is 130 Å². The van der Waals surface area contributed by atoms with Gasteiger partial charge in [-0.05, 0) is 37.4 Å². The summed E-state index contributed by atoms with van der Waals surface area (Å²) in [6.07, 6.45) is 1.84. The highest BCUT2D eigenvalue weighted by atomic mass is 35.5. The fraction of sp³-hybridized carbons (Fsp3) is 0.462. The molecule has 0 bridgehead atoms. The number of piperidine rings is 1. The number of nitrogens with zero attached hydrogens (tertiary/aromatic N) is 2. The van der Waals surface area contributed by atoms with Crippen LogP contribution in [0.15, 0.2) is 29.4 Å². The Bertz CT molecular complexity index is 683. The van der Waals surface area contributed by atoms with E-state index >= 15 is 0 Å². The summed E-state index contributed by atoms with van der Waals surface area (Å²) in [6, 6.07) is 7.30. The van der Waals surface area contributed by atoms with Gasteiger partial charge in [0.05, 0.1) is 11.0 Å². The topological polar surface area (TPSA) is 92.1 Å². The van der Waals surface area contributed by atoms with Crippen molar-refractivity contribution in [2.75, 3.05) is 19.6 Å². The molecule has 3 N–H and O–H groups in total. The zero-order chi connectivity index (χ0) is 14.2. The third-order valence-corrected chi connectivity index (χ3v) is 5.46. The number of para-hydroxylation sites is 2. The summed E-state index contributed by atoms with van der Waals surface area (Å²) in [6.45, 7) is 1.54. The lowest BCUT2D eigenvalue weighted by Gasteiger charge is -2.30. The predicted octanol–water partition coefficient (Wildman–Crippen LogP) is 1.34. The summed E-state index contributed by atoms with van der Waals surface area (Å²) in [5.41, 5.74) is 7.06. The first-order valence-corrected chi connectivity index (χ1v) is 8.20. The van der Waals surface area contributed by atoms with Gasteiger partial charge >= 0.3 is 0 Å². The van der Waals surface area contributed by atoms with Gasteiger partial charge in [-0.2, -0.15) is 4.31 Å². The number of hydrogen-bond donors (Lipinski definition) is 2. The second-order valence-electron chi connectivity index (χ2n) is 5.17. The summed E-state index contributed by atoms with van der Waals surface area (Å²) >= 11 is 0. The molecule has 0 spiro atoms. The van der Waals surface area contributed by atoms with Gasteiger partial charge in [-0.3, -0.25) is 0 Å². The molecule has 116 valence electrons. The van der Waals surface area contributed by atoms with Crippen LogP contribution in [0.5, 0.6) is 0 Å². The van der Waals surface area contributed by atoms with Crippen LogP contribution in [-0.2, 0) is 10.0 Å². The second kappa shape index (κ2) is 6.31. The maximum atomic E-state index is 12.6. The molecule has 1 unspecified atom stereocenters. The molecular weight excluding hydrogens is 312 g/mol. The minimum Gasteiger partial charge on any atom is -0.330 e. The van der Waals surface area contributed by atoms with Crippen LogP contribution in [0.3, 0.4) is 0 Å². The molecule has 1 fully saturated rings. The number of H-pyrrole nitrogens is 1. The lowest BCUT2D eigenvalue weighted by molar-refractivity contribution is 0.270. The molecule has 3 rings (SSSR count). The van der Waals surface area contributed by atoms with Gasteiger partial charge in [-0.1, -0.05) is 12.1 Å². The van der Waals surface area contributed by atoms with Crippen LogP contribution >= 0.6 is 12.4 Å². The summed E-state index contributed by atoms with van der Waals surface area (Å²) in [7, 11) is -3.56. The van der Waals surface area contributed by atoms with E-state index in [1.807, 2.05) is 18.2 Å². The van der Waals surface area contributed by atoms with Crippen LogP contribution in [0.4, 0.5) is 0 Å². The van der Waals surface area contributed by atoms with E-state index in [2.05, 4.69) is 9.97 Å². The smallest absolute Gasteiger partial charge is 0.276 e. The number of sulfonamides is 1. The van der Waals surface area contributed by atoms with Gasteiger partial charge in [-0.15, -0.1) is 12.4 Å². The van der Waals surface area contributed by atoms with Crippen molar-refractivity contribution in [3.63, 3.8) is 0 Å². The Morgan fingerprint density at radius 3 is 2.86 bits per heavy atom. The Morgan fingerprint density at radius 1 is 1.38 bits per heavy atom. The van der Waals surface area contributed by atoms with E-state index in [1.165, 1.54) is 4.31 Å². The van der Waals surface area contributed by atoms with Gasteiger partial charge in [0.2, 0.25) is 5.16 Å². The Hall–Kier alpha value is -1.15. The quantitative estimate of drug-likeness (QED) is 0.888. The third-order valence-electron chi connectivity index (χ3n) is 3.77. The van der Waals surface area contributed by atoms with Crippen molar-refractivity contribution < 1.29 is 8.42 Å². The molecule has 0 saturated carbocycles. The summed E-state index contributed by atoms with van der Waals surface area (Å²) < 4.78 is 26.7. The standard InChI is InChI=1S/C13H18N4O2S.ClH/c14-8-10-4-3-7-17(9-10)20(18,19)13-15-11-5-1-2-6-12(11)16-13;/h1-2,5-6,10H,3-4,7-9,14H2,(H,15,16);1H. The van der Waals surface area contributed by atoms with Gasteiger partial charge in [0.15, 0.2) is 0 Å². The molecule has 0 aliphatic carbocycles. The summed E-state index contributed by atoms with van der Waals surface area (Å²) in [4.78, 5) is 7.09. The van der Waals surface area contributed by atoms with Gasteiger partial charge in [-0.25, -0.2) is 13.4 Å². The predicted molar refractivity (Wildman–Crippen MR) is 83.9 cm³/mol. The molecule has 1 aliphatic heterocycles. The number of benzene rings is 1. The highest BCUT2D eigenvalue weighted by molar-refractivity contribution is 7.89. The molecule has 1 aliphatic rings. The number of nitrogens with two attached hydrogens (primary N) is 1. The summed E-state index contributed by atoms with van der Waals surface area (Å²) in [5.74, 6) is 0.239. The number of nitrogens with one attached hydrogen (secondary N) is 1. The Morgan fingerprint density at radius 2 is 2.14 bits per heavy atom. The largest absolute Gasteiger partial charge is 0.330 e. The first kappa shape index (κ1) is 16.2. The lowest BCUT2D eigenvalue weighted by atomic mass is 10.0. The SMILES string of the molecule is Cl.NCC1CCCN(S(=O)(=O)c2nc3ccccc3[nH]2)C1. The molecule has 1 aromatic carbocycles. The fourth-order valence-corrected chi connectivity index (χ4v) is 4.09. The van der Waals surface area contributed by atoms with Crippen LogP contribution in [0.25, 0.3) is 11.0 Å². The van der Waals surface area contributed by atoms with E-state index < -0.39 is 10.0 Å². The first-order valence-electron chi connectivity index (χ1n) is 6.76. The lowest BCUT2D eigenvalue weighted by Crippen LogP contribution is -2.42. The van der Waals surface area contributed by atoms with Crippen molar-refractivity contribution in [1.29, 1.82) is 0 Å². The minimum absolute atomic E-state index is 0. The van der Waals surface area contributed by atoms with E-state index in [9.17, 15) is 8.42 Å². The van der Waals surface area contributed by atoms with Crippen molar-refractivity contribution >= 4 is 33.5 Å². The number of fused-ring (bicyclic) bond motifs is 1. The van der Waals surface area contributed by atoms with E-state index in [4.69, 9.17) is 5.73 Å². The van der Waals surface area contributed by atoms with Crippen molar-refractivity contribution in [3.8, 4) is 0 Å². The highest BCUT2D eigenvalue weighted by Gasteiger charge is 2.31. The van der Waals surface area contributed by atoms with E-state index in [0.717, 1.165) is 18.4 Å². The normalized spacial score (nSPS) is 20.3. The molecule has 0 radical (unpaired) electrons. The van der Waals surface area contributed by atoms with Gasteiger partial charge in [0, 0.05) is 13.1 Å². The molecule has 8 heteroatoms.